The number of carbonyl (C=O) groups is 1. The smallest absolute Gasteiger partial charge is 0.306 e. The highest BCUT2D eigenvalue weighted by Crippen LogP contribution is 2.14. The van der Waals surface area contributed by atoms with Crippen LogP contribution in [-0.4, -0.2) is 16.2 Å². The molecule has 0 saturated carbocycles. The van der Waals surface area contributed by atoms with Crippen molar-refractivity contribution in [2.75, 3.05) is 10.6 Å². The topological polar surface area (TPSA) is 90.7 Å². The second kappa shape index (κ2) is 5.05. The van der Waals surface area contributed by atoms with E-state index in [-0.39, 0.29) is 0 Å². The minimum Gasteiger partial charge on any atom is -0.306 e. The number of anilines is 2. The number of nitrogens with one attached hydrogen (secondary N) is 2. The van der Waals surface area contributed by atoms with Gasteiger partial charge in [0.25, 0.3) is 0 Å². The summed E-state index contributed by atoms with van der Waals surface area (Å²) in [6.45, 7) is 0. The first kappa shape index (κ1) is 11.0. The summed E-state index contributed by atoms with van der Waals surface area (Å²) in [4.78, 5) is 11.5. The third-order valence-corrected chi connectivity index (χ3v) is 2.39. The zero-order chi connectivity index (χ0) is 12.1. The molecule has 0 spiro atoms. The van der Waals surface area contributed by atoms with Gasteiger partial charge < -0.3 is 5.32 Å². The van der Waals surface area contributed by atoms with Crippen LogP contribution in [0.2, 0.25) is 0 Å². The first-order chi connectivity index (χ1) is 8.29. The molecule has 1 heterocycles. The number of nitriles is 1. The van der Waals surface area contributed by atoms with Gasteiger partial charge in [0.05, 0.1) is 11.3 Å². The molecule has 83 valence electrons. The maximum Gasteiger partial charge on any atom is 0.325 e. The summed E-state index contributed by atoms with van der Waals surface area (Å²) in [7, 11) is 0. The Labute approximate surface area is 101 Å². The molecule has 2 aromatic rings. The summed E-state index contributed by atoms with van der Waals surface area (Å²) in [6.07, 6.45) is 0. The average molecular weight is 244 g/mol. The van der Waals surface area contributed by atoms with Crippen molar-refractivity contribution in [2.45, 2.75) is 0 Å². The number of urea groups is 1. The molecule has 17 heavy (non-hydrogen) atoms. The zero-order valence-electron chi connectivity index (χ0n) is 8.47. The van der Waals surface area contributed by atoms with Gasteiger partial charge >= 0.3 is 6.03 Å². The van der Waals surface area contributed by atoms with Crippen LogP contribution in [0.25, 0.3) is 0 Å². The van der Waals surface area contributed by atoms with Crippen LogP contribution < -0.4 is 10.6 Å². The Balaban J connectivity index is 2.06. The van der Waals surface area contributed by atoms with Crippen LogP contribution >= 0.6 is 11.3 Å². The number of rotatable bonds is 2. The molecule has 2 rings (SSSR count). The van der Waals surface area contributed by atoms with Gasteiger partial charge in [-0.1, -0.05) is 23.5 Å². The van der Waals surface area contributed by atoms with Crippen LogP contribution in [-0.2, 0) is 0 Å². The average Bonchev–Trinajstić information content (AvgIpc) is 2.82. The molecule has 0 aliphatic carbocycles. The highest BCUT2D eigenvalue weighted by molar-refractivity contribution is 7.13. The van der Waals surface area contributed by atoms with Crippen LogP contribution in [0.4, 0.5) is 15.6 Å². The van der Waals surface area contributed by atoms with Crippen molar-refractivity contribution in [3.8, 4) is 6.07 Å². The van der Waals surface area contributed by atoms with E-state index in [0.717, 1.165) is 11.3 Å². The Bertz CT molecular complexity index is 560. The summed E-state index contributed by atoms with van der Waals surface area (Å²) in [6, 6.07) is 8.23. The van der Waals surface area contributed by atoms with E-state index in [9.17, 15) is 4.79 Å². The molecule has 0 unspecified atom stereocenters. The van der Waals surface area contributed by atoms with E-state index in [1.807, 2.05) is 6.07 Å². The van der Waals surface area contributed by atoms with Crippen molar-refractivity contribution >= 4 is 28.2 Å². The molecule has 1 aromatic heterocycles. The second-order valence-electron chi connectivity index (χ2n) is 2.94. The lowest BCUT2D eigenvalue weighted by molar-refractivity contribution is 0.262. The van der Waals surface area contributed by atoms with E-state index in [2.05, 4.69) is 26.3 Å². The predicted octanol–water partition coefficient (Wildman–Crippen LogP) is 1.85. The fraction of sp³-hybridized carbons (Fsp3) is 0. The molecule has 0 aliphatic heterocycles. The molecule has 1 radical (unpaired) electrons. The lowest BCUT2D eigenvalue weighted by Gasteiger charge is -2.05. The van der Waals surface area contributed by atoms with Crippen LogP contribution in [0.1, 0.15) is 5.56 Å². The fourth-order valence-corrected chi connectivity index (χ4v) is 1.53. The SMILES string of the molecule is N#Cc1ccccc1NC(=O)Nc1nn[c]s1. The van der Waals surface area contributed by atoms with Crippen molar-refractivity contribution in [1.29, 1.82) is 5.26 Å². The Morgan fingerprint density at radius 1 is 1.41 bits per heavy atom. The first-order valence-corrected chi connectivity index (χ1v) is 5.38. The van der Waals surface area contributed by atoms with Crippen LogP contribution in [0, 0.1) is 16.8 Å². The van der Waals surface area contributed by atoms with Gasteiger partial charge in [-0.05, 0) is 12.1 Å². The summed E-state index contributed by atoms with van der Waals surface area (Å²) >= 11 is 1.09. The summed E-state index contributed by atoms with van der Waals surface area (Å²) < 4.78 is 0. The summed E-state index contributed by atoms with van der Waals surface area (Å²) in [5, 5.41) is 21.3. The maximum absolute atomic E-state index is 11.5. The van der Waals surface area contributed by atoms with E-state index in [1.165, 1.54) is 0 Å². The number of hydrogen-bond acceptors (Lipinski definition) is 5. The van der Waals surface area contributed by atoms with Crippen molar-refractivity contribution < 1.29 is 4.79 Å². The van der Waals surface area contributed by atoms with Crippen LogP contribution in [0.15, 0.2) is 24.3 Å². The largest absolute Gasteiger partial charge is 0.325 e. The van der Waals surface area contributed by atoms with Crippen molar-refractivity contribution in [3.63, 3.8) is 0 Å². The highest BCUT2D eigenvalue weighted by Gasteiger charge is 2.07. The first-order valence-electron chi connectivity index (χ1n) is 4.56. The minimum absolute atomic E-state index is 0.344. The van der Waals surface area contributed by atoms with Gasteiger partial charge in [0.15, 0.2) is 5.51 Å². The van der Waals surface area contributed by atoms with Crippen LogP contribution in [0.3, 0.4) is 0 Å². The fourth-order valence-electron chi connectivity index (χ4n) is 1.14. The molecule has 0 atom stereocenters. The van der Waals surface area contributed by atoms with Gasteiger partial charge in [-0.15, -0.1) is 10.2 Å². The van der Waals surface area contributed by atoms with Gasteiger partial charge in [-0.2, -0.15) is 5.26 Å². The van der Waals surface area contributed by atoms with Gasteiger partial charge in [-0.25, -0.2) is 4.79 Å². The van der Waals surface area contributed by atoms with Gasteiger partial charge in [0.1, 0.15) is 6.07 Å². The highest BCUT2D eigenvalue weighted by atomic mass is 32.1. The molecule has 6 nitrogen and oxygen atoms in total. The van der Waals surface area contributed by atoms with Gasteiger partial charge in [0, 0.05) is 0 Å². The van der Waals surface area contributed by atoms with Crippen molar-refractivity contribution in [1.82, 2.24) is 10.2 Å². The standard InChI is InChI=1S/C10H6N5OS/c11-5-7-3-1-2-4-8(7)13-9(16)14-10-15-12-6-17-10/h1-4H,(H2,13,14,15,16). The quantitative estimate of drug-likeness (QED) is 0.843. The molecule has 0 aliphatic rings. The molecule has 2 amide bonds. The third kappa shape index (κ3) is 2.76. The third-order valence-electron chi connectivity index (χ3n) is 1.84. The molecule has 0 bridgehead atoms. The van der Waals surface area contributed by atoms with E-state index < -0.39 is 6.03 Å². The number of carbonyl (C=O) groups excluding carboxylic acids is 1. The van der Waals surface area contributed by atoms with Crippen LogP contribution in [0.5, 0.6) is 0 Å². The summed E-state index contributed by atoms with van der Waals surface area (Å²) in [5.41, 5.74) is 3.35. The number of hydrogen-bond donors (Lipinski definition) is 2. The van der Waals surface area contributed by atoms with E-state index in [0.29, 0.717) is 16.4 Å². The molecular formula is C10H6N5OS. The number of aromatic nitrogens is 2. The van der Waals surface area contributed by atoms with Gasteiger partial charge in [0.2, 0.25) is 5.13 Å². The summed E-state index contributed by atoms with van der Waals surface area (Å²) in [5.74, 6) is 0. The number of benzene rings is 1. The normalized spacial score (nSPS) is 9.35. The zero-order valence-corrected chi connectivity index (χ0v) is 9.28. The predicted molar refractivity (Wildman–Crippen MR) is 62.5 cm³/mol. The molecule has 7 heteroatoms. The number of para-hydroxylation sites is 1. The van der Waals surface area contributed by atoms with E-state index in [4.69, 9.17) is 5.26 Å². The van der Waals surface area contributed by atoms with Crippen molar-refractivity contribution in [2.24, 2.45) is 0 Å². The monoisotopic (exact) mass is 244 g/mol. The molecule has 0 fully saturated rings. The number of nitrogens with zero attached hydrogens (tertiary/aromatic N) is 3. The van der Waals surface area contributed by atoms with Crippen molar-refractivity contribution in [3.05, 3.63) is 35.3 Å². The molecule has 1 aromatic carbocycles. The lowest BCUT2D eigenvalue weighted by Crippen LogP contribution is -2.19. The molecule has 2 N–H and O–H groups in total. The van der Waals surface area contributed by atoms with E-state index in [1.54, 1.807) is 24.3 Å². The van der Waals surface area contributed by atoms with E-state index >= 15 is 0 Å². The van der Waals surface area contributed by atoms with Gasteiger partial charge in [-0.3, -0.25) is 5.32 Å². The molecular weight excluding hydrogens is 238 g/mol. The lowest BCUT2D eigenvalue weighted by atomic mass is 10.2. The maximum atomic E-state index is 11.5. The Hall–Kier alpha value is -2.46. The second-order valence-corrected chi connectivity index (χ2v) is 3.71. The Morgan fingerprint density at radius 2 is 2.24 bits per heavy atom. The minimum atomic E-state index is -0.474. The molecule has 0 saturated heterocycles. The number of amides is 2. The Morgan fingerprint density at radius 3 is 2.94 bits per heavy atom. The Kier molecular flexibility index (Phi) is 3.28.